The molecule has 2 aliphatic rings. The van der Waals surface area contributed by atoms with Gasteiger partial charge in [0.2, 0.25) is 15.9 Å². The van der Waals surface area contributed by atoms with Crippen LogP contribution in [-0.4, -0.2) is 31.2 Å². The minimum Gasteiger partial charge on any atom is -0.366 e. The lowest BCUT2D eigenvalue weighted by Gasteiger charge is -2.43. The van der Waals surface area contributed by atoms with E-state index in [4.69, 9.17) is 5.73 Å². The van der Waals surface area contributed by atoms with Crippen LogP contribution in [0.3, 0.4) is 0 Å². The van der Waals surface area contributed by atoms with E-state index < -0.39 is 15.9 Å². The van der Waals surface area contributed by atoms with Crippen LogP contribution in [0.25, 0.3) is 0 Å². The van der Waals surface area contributed by atoms with E-state index in [-0.39, 0.29) is 10.9 Å². The first-order valence-corrected chi connectivity index (χ1v) is 9.36. The van der Waals surface area contributed by atoms with Crippen LogP contribution in [0.4, 0.5) is 0 Å². The number of hydrogen-bond acceptors (Lipinski definition) is 3. The van der Waals surface area contributed by atoms with Crippen molar-refractivity contribution in [2.75, 3.05) is 6.54 Å². The third kappa shape index (κ3) is 2.77. The first-order chi connectivity index (χ1) is 10.5. The average molecular weight is 322 g/mol. The van der Waals surface area contributed by atoms with Crippen LogP contribution < -0.4 is 5.73 Å². The van der Waals surface area contributed by atoms with Gasteiger partial charge in [0.25, 0.3) is 0 Å². The van der Waals surface area contributed by atoms with E-state index in [1.54, 1.807) is 4.31 Å². The number of carbonyl (C=O) groups excluding carboxylic acids is 1. The summed E-state index contributed by atoms with van der Waals surface area (Å²) in [5.41, 5.74) is 5.53. The largest absolute Gasteiger partial charge is 0.366 e. The van der Waals surface area contributed by atoms with Crippen molar-refractivity contribution >= 4 is 15.9 Å². The molecule has 1 saturated carbocycles. The third-order valence-corrected chi connectivity index (χ3v) is 6.88. The monoisotopic (exact) mass is 322 g/mol. The minimum atomic E-state index is -3.49. The van der Waals surface area contributed by atoms with Crippen LogP contribution in [0.15, 0.2) is 29.2 Å². The highest BCUT2D eigenvalue weighted by atomic mass is 32.2. The Labute approximate surface area is 131 Å². The zero-order chi connectivity index (χ0) is 15.7. The van der Waals surface area contributed by atoms with Gasteiger partial charge in [-0.3, -0.25) is 4.79 Å². The Morgan fingerprint density at radius 2 is 1.68 bits per heavy atom. The van der Waals surface area contributed by atoms with Crippen LogP contribution >= 0.6 is 0 Å². The SMILES string of the molecule is NC(=O)c1ccc(S(=O)(=O)N2CCC[C@H]3CCCC[C@@H]32)cc1. The first kappa shape index (κ1) is 15.5. The molecule has 1 aliphatic heterocycles. The molecule has 1 aromatic carbocycles. The molecular weight excluding hydrogens is 300 g/mol. The predicted molar refractivity (Wildman–Crippen MR) is 83.8 cm³/mol. The Hall–Kier alpha value is -1.40. The second-order valence-electron chi connectivity index (χ2n) is 6.26. The molecule has 1 amide bonds. The van der Waals surface area contributed by atoms with Crippen molar-refractivity contribution in [3.8, 4) is 0 Å². The molecule has 120 valence electrons. The normalized spacial score (nSPS) is 26.4. The summed E-state index contributed by atoms with van der Waals surface area (Å²) < 4.78 is 27.6. The molecule has 1 heterocycles. The van der Waals surface area contributed by atoms with Crippen LogP contribution in [0.2, 0.25) is 0 Å². The zero-order valence-electron chi connectivity index (χ0n) is 12.6. The number of hydrogen-bond donors (Lipinski definition) is 1. The molecule has 0 unspecified atom stereocenters. The standard InChI is InChI=1S/C16H22N2O3S/c17-16(19)13-7-9-14(10-8-13)22(20,21)18-11-3-5-12-4-1-2-6-15(12)18/h7-10,12,15H,1-6,11H2,(H2,17,19)/t12-,15+/m1/s1. The van der Waals surface area contributed by atoms with Gasteiger partial charge in [-0.05, 0) is 55.9 Å². The molecule has 0 spiro atoms. The topological polar surface area (TPSA) is 80.5 Å². The van der Waals surface area contributed by atoms with Crippen molar-refractivity contribution in [3.63, 3.8) is 0 Å². The molecule has 2 fully saturated rings. The quantitative estimate of drug-likeness (QED) is 0.925. The van der Waals surface area contributed by atoms with E-state index >= 15 is 0 Å². The van der Waals surface area contributed by atoms with Gasteiger partial charge in [0.1, 0.15) is 0 Å². The molecule has 1 saturated heterocycles. The number of carbonyl (C=O) groups is 1. The fourth-order valence-corrected chi connectivity index (χ4v) is 5.56. The Morgan fingerprint density at radius 1 is 1.05 bits per heavy atom. The molecule has 2 N–H and O–H groups in total. The Kier molecular flexibility index (Phi) is 4.23. The number of benzene rings is 1. The summed E-state index contributed by atoms with van der Waals surface area (Å²) >= 11 is 0. The summed E-state index contributed by atoms with van der Waals surface area (Å²) in [6, 6.07) is 6.09. The fraction of sp³-hybridized carbons (Fsp3) is 0.562. The van der Waals surface area contributed by atoms with Crippen molar-refractivity contribution in [3.05, 3.63) is 29.8 Å². The van der Waals surface area contributed by atoms with Crippen molar-refractivity contribution in [2.24, 2.45) is 11.7 Å². The zero-order valence-corrected chi connectivity index (χ0v) is 13.4. The molecule has 0 bridgehead atoms. The van der Waals surface area contributed by atoms with Gasteiger partial charge in [0.15, 0.2) is 0 Å². The van der Waals surface area contributed by atoms with Crippen LogP contribution in [0.5, 0.6) is 0 Å². The summed E-state index contributed by atoms with van der Waals surface area (Å²) in [5, 5.41) is 0. The van der Waals surface area contributed by atoms with Gasteiger partial charge in [-0.15, -0.1) is 0 Å². The highest BCUT2D eigenvalue weighted by Gasteiger charge is 2.39. The van der Waals surface area contributed by atoms with E-state index in [1.165, 1.54) is 30.7 Å². The van der Waals surface area contributed by atoms with Gasteiger partial charge in [0, 0.05) is 18.2 Å². The molecule has 6 heteroatoms. The molecule has 5 nitrogen and oxygen atoms in total. The first-order valence-electron chi connectivity index (χ1n) is 7.92. The molecule has 3 rings (SSSR count). The minimum absolute atomic E-state index is 0.142. The predicted octanol–water partition coefficient (Wildman–Crippen LogP) is 2.13. The van der Waals surface area contributed by atoms with E-state index in [9.17, 15) is 13.2 Å². The van der Waals surface area contributed by atoms with E-state index in [1.807, 2.05) is 0 Å². The average Bonchev–Trinajstić information content (AvgIpc) is 2.54. The Balaban J connectivity index is 1.89. The number of primary amides is 1. The molecule has 1 aliphatic carbocycles. The number of rotatable bonds is 3. The van der Waals surface area contributed by atoms with Crippen LogP contribution in [0.1, 0.15) is 48.9 Å². The third-order valence-electron chi connectivity index (χ3n) is 4.94. The van der Waals surface area contributed by atoms with Crippen molar-refractivity contribution in [2.45, 2.75) is 49.5 Å². The lowest BCUT2D eigenvalue weighted by Crippen LogP contribution is -2.49. The number of fused-ring (bicyclic) bond motifs is 1. The van der Waals surface area contributed by atoms with Gasteiger partial charge >= 0.3 is 0 Å². The summed E-state index contributed by atoms with van der Waals surface area (Å²) in [6.07, 6.45) is 6.48. The van der Waals surface area contributed by atoms with E-state index in [2.05, 4.69) is 0 Å². The highest BCUT2D eigenvalue weighted by Crippen LogP contribution is 2.37. The number of piperidine rings is 1. The van der Waals surface area contributed by atoms with Crippen LogP contribution in [-0.2, 0) is 10.0 Å². The maximum Gasteiger partial charge on any atom is 0.248 e. The van der Waals surface area contributed by atoms with Crippen LogP contribution in [0, 0.1) is 5.92 Å². The van der Waals surface area contributed by atoms with Gasteiger partial charge in [-0.2, -0.15) is 4.31 Å². The van der Waals surface area contributed by atoms with Crippen molar-refractivity contribution in [1.82, 2.24) is 4.31 Å². The molecular formula is C16H22N2O3S. The second-order valence-corrected chi connectivity index (χ2v) is 8.15. The molecule has 1 aromatic rings. The second kappa shape index (κ2) is 6.01. The smallest absolute Gasteiger partial charge is 0.248 e. The van der Waals surface area contributed by atoms with Crippen molar-refractivity contribution < 1.29 is 13.2 Å². The van der Waals surface area contributed by atoms with E-state index in [0.29, 0.717) is 18.0 Å². The summed E-state index contributed by atoms with van der Waals surface area (Å²) in [4.78, 5) is 11.4. The maximum absolute atomic E-state index is 12.9. The van der Waals surface area contributed by atoms with Crippen molar-refractivity contribution in [1.29, 1.82) is 0 Å². The lowest BCUT2D eigenvalue weighted by molar-refractivity contribution is 0.1000. The number of nitrogens with two attached hydrogens (primary N) is 1. The number of nitrogens with zero attached hydrogens (tertiary/aromatic N) is 1. The van der Waals surface area contributed by atoms with Gasteiger partial charge in [0.05, 0.1) is 4.90 Å². The summed E-state index contributed by atoms with van der Waals surface area (Å²) in [6.45, 7) is 0.598. The molecule has 0 radical (unpaired) electrons. The van der Waals surface area contributed by atoms with Gasteiger partial charge in [-0.25, -0.2) is 8.42 Å². The summed E-state index contributed by atoms with van der Waals surface area (Å²) in [5.74, 6) is -0.0450. The lowest BCUT2D eigenvalue weighted by atomic mass is 9.79. The molecule has 22 heavy (non-hydrogen) atoms. The van der Waals surface area contributed by atoms with E-state index in [0.717, 1.165) is 32.1 Å². The Bertz CT molecular complexity index is 652. The maximum atomic E-state index is 12.9. The molecule has 0 aromatic heterocycles. The van der Waals surface area contributed by atoms with Gasteiger partial charge in [-0.1, -0.05) is 12.8 Å². The highest BCUT2D eigenvalue weighted by molar-refractivity contribution is 7.89. The Morgan fingerprint density at radius 3 is 2.36 bits per heavy atom. The summed E-state index contributed by atoms with van der Waals surface area (Å²) in [7, 11) is -3.49. The molecule has 2 atom stereocenters. The number of amides is 1. The number of sulfonamides is 1. The fourth-order valence-electron chi connectivity index (χ4n) is 3.80. The van der Waals surface area contributed by atoms with Gasteiger partial charge < -0.3 is 5.73 Å².